The van der Waals surface area contributed by atoms with Gasteiger partial charge in [-0.15, -0.1) is 0 Å². The van der Waals surface area contributed by atoms with Crippen LogP contribution in [0.15, 0.2) is 0 Å². The highest BCUT2D eigenvalue weighted by molar-refractivity contribution is 4.97. The van der Waals surface area contributed by atoms with Crippen LogP contribution in [0.4, 0.5) is 0 Å². The Kier molecular flexibility index (Phi) is 2.34. The highest BCUT2D eigenvalue weighted by atomic mass is 16.8. The molecule has 1 aliphatic carbocycles. The minimum Gasteiger partial charge on any atom is -0.390 e. The van der Waals surface area contributed by atoms with E-state index < -0.39 is 18.0 Å². The van der Waals surface area contributed by atoms with Crippen molar-refractivity contribution in [3.8, 4) is 0 Å². The summed E-state index contributed by atoms with van der Waals surface area (Å²) in [6.45, 7) is 5.67. The molecule has 0 aromatic heterocycles. The lowest BCUT2D eigenvalue weighted by molar-refractivity contribution is -0.159. The van der Waals surface area contributed by atoms with Crippen LogP contribution in [-0.2, 0) is 9.47 Å². The topological polar surface area (TPSA) is 58.9 Å². The van der Waals surface area contributed by atoms with Crippen molar-refractivity contribution in [3.63, 3.8) is 0 Å². The van der Waals surface area contributed by atoms with Crippen LogP contribution in [0.25, 0.3) is 0 Å². The summed E-state index contributed by atoms with van der Waals surface area (Å²) in [7, 11) is 0. The molecule has 1 saturated carbocycles. The molecule has 0 amide bonds. The van der Waals surface area contributed by atoms with E-state index in [1.54, 1.807) is 0 Å². The molecule has 0 aromatic carbocycles. The molecule has 0 aromatic rings. The summed E-state index contributed by atoms with van der Waals surface area (Å²) in [6.07, 6.45) is -1.42. The lowest BCUT2D eigenvalue weighted by Gasteiger charge is -2.35. The van der Waals surface area contributed by atoms with Gasteiger partial charge in [0.05, 0.1) is 12.2 Å². The van der Waals surface area contributed by atoms with Crippen molar-refractivity contribution < 1.29 is 19.7 Å². The lowest BCUT2D eigenvalue weighted by Crippen LogP contribution is -2.51. The fraction of sp³-hybridized carbons (Fsp3) is 1.00. The van der Waals surface area contributed by atoms with Crippen molar-refractivity contribution in [3.05, 3.63) is 0 Å². The van der Waals surface area contributed by atoms with Gasteiger partial charge in [0, 0.05) is 0 Å². The average molecular weight is 202 g/mol. The minimum atomic E-state index is -0.821. The van der Waals surface area contributed by atoms with E-state index in [0.29, 0.717) is 6.42 Å². The van der Waals surface area contributed by atoms with Crippen LogP contribution in [0.3, 0.4) is 0 Å². The van der Waals surface area contributed by atoms with Crippen molar-refractivity contribution in [2.45, 2.75) is 57.4 Å². The summed E-state index contributed by atoms with van der Waals surface area (Å²) in [5.41, 5.74) is 0. The number of aliphatic hydroxyl groups excluding tert-OH is 2. The molecule has 4 heteroatoms. The minimum absolute atomic E-state index is 0.0941. The molecule has 1 saturated heterocycles. The molecule has 1 heterocycles. The van der Waals surface area contributed by atoms with Crippen molar-refractivity contribution in [1.29, 1.82) is 0 Å². The van der Waals surface area contributed by atoms with Gasteiger partial charge in [-0.25, -0.2) is 0 Å². The van der Waals surface area contributed by atoms with Gasteiger partial charge in [-0.3, -0.25) is 0 Å². The summed E-state index contributed by atoms with van der Waals surface area (Å²) in [5, 5.41) is 19.3. The van der Waals surface area contributed by atoms with Gasteiger partial charge in [0.15, 0.2) is 5.79 Å². The van der Waals surface area contributed by atoms with Crippen LogP contribution >= 0.6 is 0 Å². The van der Waals surface area contributed by atoms with E-state index in [9.17, 15) is 10.2 Å². The van der Waals surface area contributed by atoms with Crippen molar-refractivity contribution in [2.75, 3.05) is 0 Å². The smallest absolute Gasteiger partial charge is 0.163 e. The van der Waals surface area contributed by atoms with Gasteiger partial charge in [0.25, 0.3) is 0 Å². The van der Waals surface area contributed by atoms with Crippen LogP contribution in [-0.4, -0.2) is 40.4 Å². The fourth-order valence-electron chi connectivity index (χ4n) is 2.39. The second kappa shape index (κ2) is 3.17. The van der Waals surface area contributed by atoms with E-state index in [4.69, 9.17) is 9.47 Å². The molecule has 2 aliphatic rings. The second-order valence-electron chi connectivity index (χ2n) is 4.84. The van der Waals surface area contributed by atoms with E-state index in [-0.39, 0.29) is 18.1 Å². The number of hydrogen-bond donors (Lipinski definition) is 2. The van der Waals surface area contributed by atoms with Gasteiger partial charge in [-0.2, -0.15) is 0 Å². The van der Waals surface area contributed by atoms with Gasteiger partial charge >= 0.3 is 0 Å². The quantitative estimate of drug-likeness (QED) is 0.592. The van der Waals surface area contributed by atoms with Crippen LogP contribution in [0.2, 0.25) is 0 Å². The van der Waals surface area contributed by atoms with E-state index >= 15 is 0 Å². The normalized spacial score (nSPS) is 51.6. The molecule has 5 atom stereocenters. The van der Waals surface area contributed by atoms with Crippen LogP contribution in [0.1, 0.15) is 27.2 Å². The predicted octanol–water partition coefficient (Wildman–Crippen LogP) is 0.268. The maximum atomic E-state index is 9.74. The Hall–Kier alpha value is -0.160. The molecule has 14 heavy (non-hydrogen) atoms. The fourth-order valence-corrected chi connectivity index (χ4v) is 2.39. The Bertz CT molecular complexity index is 228. The molecule has 0 unspecified atom stereocenters. The monoisotopic (exact) mass is 202 g/mol. The molecule has 4 nitrogen and oxygen atoms in total. The third kappa shape index (κ3) is 1.56. The van der Waals surface area contributed by atoms with Crippen LogP contribution in [0.5, 0.6) is 0 Å². The van der Waals surface area contributed by atoms with Gasteiger partial charge in [0.1, 0.15) is 12.2 Å². The van der Waals surface area contributed by atoms with Gasteiger partial charge in [-0.1, -0.05) is 6.92 Å². The van der Waals surface area contributed by atoms with Gasteiger partial charge in [-0.05, 0) is 26.2 Å². The Morgan fingerprint density at radius 2 is 1.71 bits per heavy atom. The van der Waals surface area contributed by atoms with Crippen molar-refractivity contribution >= 4 is 0 Å². The van der Waals surface area contributed by atoms with Crippen LogP contribution in [0, 0.1) is 5.92 Å². The summed E-state index contributed by atoms with van der Waals surface area (Å²) in [6, 6.07) is 0. The van der Waals surface area contributed by atoms with E-state index in [1.807, 2.05) is 20.8 Å². The molecule has 2 fully saturated rings. The summed E-state index contributed by atoms with van der Waals surface area (Å²) in [4.78, 5) is 0. The van der Waals surface area contributed by atoms with Crippen LogP contribution < -0.4 is 0 Å². The molecular weight excluding hydrogens is 184 g/mol. The first-order valence-electron chi connectivity index (χ1n) is 5.12. The molecular formula is C10H18O4. The van der Waals surface area contributed by atoms with E-state index in [0.717, 1.165) is 0 Å². The molecule has 2 N–H and O–H groups in total. The second-order valence-corrected chi connectivity index (χ2v) is 4.84. The first-order valence-corrected chi connectivity index (χ1v) is 5.12. The van der Waals surface area contributed by atoms with Crippen molar-refractivity contribution in [1.82, 2.24) is 0 Å². The van der Waals surface area contributed by atoms with Crippen molar-refractivity contribution in [2.24, 2.45) is 5.92 Å². The number of fused-ring (bicyclic) bond motifs is 1. The third-order valence-electron chi connectivity index (χ3n) is 3.07. The maximum Gasteiger partial charge on any atom is 0.163 e. The predicted molar refractivity (Wildman–Crippen MR) is 49.6 cm³/mol. The number of rotatable bonds is 0. The van der Waals surface area contributed by atoms with E-state index in [1.165, 1.54) is 0 Å². The number of ether oxygens (including phenoxy) is 2. The van der Waals surface area contributed by atoms with E-state index in [2.05, 4.69) is 0 Å². The zero-order valence-electron chi connectivity index (χ0n) is 8.80. The van der Waals surface area contributed by atoms with Gasteiger partial charge in [0.2, 0.25) is 0 Å². The molecule has 0 radical (unpaired) electrons. The number of hydrogen-bond acceptors (Lipinski definition) is 4. The Morgan fingerprint density at radius 3 is 2.36 bits per heavy atom. The highest BCUT2D eigenvalue weighted by Crippen LogP contribution is 2.39. The summed E-state index contributed by atoms with van der Waals surface area (Å²) < 4.78 is 11.3. The molecule has 2 rings (SSSR count). The SMILES string of the molecule is C[C@@H]1C[C@@H](O)[C@@H](O)[C@@H]2OC(C)(C)O[C@@H]21. The Morgan fingerprint density at radius 1 is 1.14 bits per heavy atom. The molecule has 0 spiro atoms. The zero-order chi connectivity index (χ0) is 10.5. The first-order chi connectivity index (χ1) is 6.41. The lowest BCUT2D eigenvalue weighted by atomic mass is 9.82. The molecule has 0 bridgehead atoms. The standard InChI is InChI=1S/C10H18O4/c1-5-4-6(11)7(12)9-8(5)13-10(2,3)14-9/h5-9,11-12H,4H2,1-3H3/t5-,6-,7-,8-,9+/m1/s1. The summed E-state index contributed by atoms with van der Waals surface area (Å²) in [5.74, 6) is -0.422. The molecule has 82 valence electrons. The molecule has 1 aliphatic heterocycles. The number of aliphatic hydroxyl groups is 2. The Labute approximate surface area is 83.8 Å². The zero-order valence-corrected chi connectivity index (χ0v) is 8.80. The Balaban J connectivity index is 2.18. The first kappa shape index (κ1) is 10.4. The highest BCUT2D eigenvalue weighted by Gasteiger charge is 2.52. The average Bonchev–Trinajstić information content (AvgIpc) is 2.38. The summed E-state index contributed by atoms with van der Waals surface area (Å²) >= 11 is 0. The largest absolute Gasteiger partial charge is 0.390 e. The third-order valence-corrected chi connectivity index (χ3v) is 3.07. The maximum absolute atomic E-state index is 9.74. The van der Waals surface area contributed by atoms with Gasteiger partial charge < -0.3 is 19.7 Å².